The number of nitrogens with one attached hydrogen (secondary N) is 1. The molecule has 0 aromatic carbocycles. The van der Waals surface area contributed by atoms with Gasteiger partial charge in [-0.3, -0.25) is 4.90 Å². The molecule has 0 saturated carbocycles. The van der Waals surface area contributed by atoms with Crippen molar-refractivity contribution in [3.63, 3.8) is 0 Å². The fourth-order valence-electron chi connectivity index (χ4n) is 2.83. The van der Waals surface area contributed by atoms with Crippen LogP contribution in [-0.4, -0.2) is 49.8 Å². The summed E-state index contributed by atoms with van der Waals surface area (Å²) in [4.78, 5) is 2.65. The maximum atomic E-state index is 5.42. The minimum atomic E-state index is 0.337. The van der Waals surface area contributed by atoms with E-state index in [0.29, 0.717) is 5.54 Å². The molecule has 0 aromatic rings. The lowest BCUT2D eigenvalue weighted by Gasteiger charge is -2.42. The van der Waals surface area contributed by atoms with E-state index in [1.807, 2.05) is 0 Å². The van der Waals surface area contributed by atoms with Crippen LogP contribution in [-0.2, 0) is 4.74 Å². The van der Waals surface area contributed by atoms with Crippen molar-refractivity contribution in [3.05, 3.63) is 0 Å². The Labute approximate surface area is 99.5 Å². The molecule has 2 aliphatic rings. The molecule has 1 unspecified atom stereocenters. The number of hydrogen-bond acceptors (Lipinski definition) is 3. The van der Waals surface area contributed by atoms with Gasteiger partial charge in [0.25, 0.3) is 0 Å². The van der Waals surface area contributed by atoms with Crippen LogP contribution in [0, 0.1) is 5.92 Å². The monoisotopic (exact) mass is 226 g/mol. The van der Waals surface area contributed by atoms with Crippen molar-refractivity contribution >= 4 is 0 Å². The van der Waals surface area contributed by atoms with Crippen LogP contribution < -0.4 is 5.32 Å². The average molecular weight is 226 g/mol. The SMILES string of the molecule is CCC1(C)CN(CC2CCOCC2)CCN1. The zero-order chi connectivity index (χ0) is 11.4. The third-order valence-electron chi connectivity index (χ3n) is 4.19. The number of ether oxygens (including phenoxy) is 1. The van der Waals surface area contributed by atoms with Crippen LogP contribution in [0.15, 0.2) is 0 Å². The predicted octanol–water partition coefficient (Wildman–Crippen LogP) is 1.49. The Hall–Kier alpha value is -0.120. The van der Waals surface area contributed by atoms with Crippen molar-refractivity contribution in [2.75, 3.05) is 39.4 Å². The molecule has 0 spiro atoms. The summed E-state index contributed by atoms with van der Waals surface area (Å²) in [5, 5.41) is 3.65. The van der Waals surface area contributed by atoms with Gasteiger partial charge in [-0.15, -0.1) is 0 Å². The first-order chi connectivity index (χ1) is 7.72. The third-order valence-corrected chi connectivity index (χ3v) is 4.19. The van der Waals surface area contributed by atoms with Crippen LogP contribution in [0.5, 0.6) is 0 Å². The van der Waals surface area contributed by atoms with Crippen molar-refractivity contribution in [2.24, 2.45) is 5.92 Å². The predicted molar refractivity (Wildman–Crippen MR) is 66.7 cm³/mol. The van der Waals surface area contributed by atoms with Gasteiger partial charge in [0.2, 0.25) is 0 Å². The van der Waals surface area contributed by atoms with Gasteiger partial charge in [-0.05, 0) is 32.1 Å². The van der Waals surface area contributed by atoms with E-state index in [1.165, 1.54) is 38.9 Å². The van der Waals surface area contributed by atoms with E-state index in [9.17, 15) is 0 Å². The highest BCUT2D eigenvalue weighted by molar-refractivity contribution is 4.90. The topological polar surface area (TPSA) is 24.5 Å². The van der Waals surface area contributed by atoms with Crippen LogP contribution in [0.3, 0.4) is 0 Å². The van der Waals surface area contributed by atoms with Crippen LogP contribution in [0.2, 0.25) is 0 Å². The summed E-state index contributed by atoms with van der Waals surface area (Å²) >= 11 is 0. The molecular weight excluding hydrogens is 200 g/mol. The fraction of sp³-hybridized carbons (Fsp3) is 1.00. The normalized spacial score (nSPS) is 34.1. The lowest BCUT2D eigenvalue weighted by molar-refractivity contribution is 0.0416. The molecule has 0 aliphatic carbocycles. The molecule has 0 radical (unpaired) electrons. The van der Waals surface area contributed by atoms with E-state index in [1.54, 1.807) is 0 Å². The Morgan fingerprint density at radius 1 is 1.38 bits per heavy atom. The molecular formula is C13H26N2O. The van der Waals surface area contributed by atoms with Crippen molar-refractivity contribution < 1.29 is 4.74 Å². The fourth-order valence-corrected chi connectivity index (χ4v) is 2.83. The summed E-state index contributed by atoms with van der Waals surface area (Å²) in [5.41, 5.74) is 0.337. The maximum absolute atomic E-state index is 5.42. The molecule has 0 aromatic heterocycles. The number of rotatable bonds is 3. The quantitative estimate of drug-likeness (QED) is 0.789. The van der Waals surface area contributed by atoms with Gasteiger partial charge in [-0.2, -0.15) is 0 Å². The molecule has 1 N–H and O–H groups in total. The molecule has 2 saturated heterocycles. The highest BCUT2D eigenvalue weighted by Gasteiger charge is 2.29. The Bertz CT molecular complexity index is 216. The zero-order valence-corrected chi connectivity index (χ0v) is 10.8. The van der Waals surface area contributed by atoms with Crippen LogP contribution in [0.25, 0.3) is 0 Å². The highest BCUT2D eigenvalue weighted by atomic mass is 16.5. The lowest BCUT2D eigenvalue weighted by atomic mass is 9.93. The minimum Gasteiger partial charge on any atom is -0.381 e. The van der Waals surface area contributed by atoms with E-state index < -0.39 is 0 Å². The van der Waals surface area contributed by atoms with Crippen molar-refractivity contribution in [1.82, 2.24) is 10.2 Å². The Balaban J connectivity index is 1.80. The number of piperazine rings is 1. The zero-order valence-electron chi connectivity index (χ0n) is 10.8. The third kappa shape index (κ3) is 3.19. The van der Waals surface area contributed by atoms with Crippen LogP contribution in [0.4, 0.5) is 0 Å². The van der Waals surface area contributed by atoms with Gasteiger partial charge in [0.1, 0.15) is 0 Å². The molecule has 16 heavy (non-hydrogen) atoms. The second kappa shape index (κ2) is 5.48. The number of hydrogen-bond donors (Lipinski definition) is 1. The Kier molecular flexibility index (Phi) is 4.22. The molecule has 1 atom stereocenters. The van der Waals surface area contributed by atoms with Crippen LogP contribution in [0.1, 0.15) is 33.1 Å². The largest absolute Gasteiger partial charge is 0.381 e. The summed E-state index contributed by atoms with van der Waals surface area (Å²) < 4.78 is 5.42. The van der Waals surface area contributed by atoms with E-state index in [0.717, 1.165) is 25.7 Å². The van der Waals surface area contributed by atoms with Gasteiger partial charge in [0.15, 0.2) is 0 Å². The van der Waals surface area contributed by atoms with Crippen molar-refractivity contribution in [2.45, 2.75) is 38.6 Å². The second-order valence-electron chi connectivity index (χ2n) is 5.63. The van der Waals surface area contributed by atoms with Crippen LogP contribution >= 0.6 is 0 Å². The van der Waals surface area contributed by atoms with Crippen molar-refractivity contribution in [1.29, 1.82) is 0 Å². The van der Waals surface area contributed by atoms with Gasteiger partial charge in [0, 0.05) is 44.9 Å². The molecule has 3 heteroatoms. The standard InChI is InChI=1S/C13H26N2O/c1-3-13(2)11-15(7-6-14-13)10-12-4-8-16-9-5-12/h12,14H,3-11H2,1-2H3. The highest BCUT2D eigenvalue weighted by Crippen LogP contribution is 2.20. The van der Waals surface area contributed by atoms with E-state index in [4.69, 9.17) is 4.74 Å². The Morgan fingerprint density at radius 2 is 2.12 bits per heavy atom. The molecule has 2 aliphatic heterocycles. The van der Waals surface area contributed by atoms with Gasteiger partial charge >= 0.3 is 0 Å². The first kappa shape index (κ1) is 12.3. The summed E-state index contributed by atoms with van der Waals surface area (Å²) in [7, 11) is 0. The van der Waals surface area contributed by atoms with Gasteiger partial charge < -0.3 is 10.1 Å². The lowest BCUT2D eigenvalue weighted by Crippen LogP contribution is -2.59. The second-order valence-corrected chi connectivity index (χ2v) is 5.63. The number of nitrogens with zero attached hydrogens (tertiary/aromatic N) is 1. The maximum Gasteiger partial charge on any atom is 0.0469 e. The van der Waals surface area contributed by atoms with Gasteiger partial charge in [0.05, 0.1) is 0 Å². The van der Waals surface area contributed by atoms with E-state index >= 15 is 0 Å². The molecule has 2 heterocycles. The molecule has 0 amide bonds. The summed E-state index contributed by atoms with van der Waals surface area (Å²) in [5.74, 6) is 0.868. The smallest absolute Gasteiger partial charge is 0.0469 e. The first-order valence-electron chi connectivity index (χ1n) is 6.77. The van der Waals surface area contributed by atoms with Crippen molar-refractivity contribution in [3.8, 4) is 0 Å². The molecule has 2 rings (SSSR count). The molecule has 3 nitrogen and oxygen atoms in total. The molecule has 0 bridgehead atoms. The first-order valence-corrected chi connectivity index (χ1v) is 6.77. The minimum absolute atomic E-state index is 0.337. The summed E-state index contributed by atoms with van der Waals surface area (Å²) in [6.07, 6.45) is 3.73. The van der Waals surface area contributed by atoms with E-state index in [-0.39, 0.29) is 0 Å². The summed E-state index contributed by atoms with van der Waals surface area (Å²) in [6, 6.07) is 0. The Morgan fingerprint density at radius 3 is 2.81 bits per heavy atom. The van der Waals surface area contributed by atoms with E-state index in [2.05, 4.69) is 24.1 Å². The summed E-state index contributed by atoms with van der Waals surface area (Å²) in [6.45, 7) is 11.4. The average Bonchev–Trinajstić information content (AvgIpc) is 2.30. The van der Waals surface area contributed by atoms with Gasteiger partial charge in [-0.25, -0.2) is 0 Å². The van der Waals surface area contributed by atoms with Gasteiger partial charge in [-0.1, -0.05) is 6.92 Å². The molecule has 2 fully saturated rings. The molecule has 94 valence electrons.